The minimum absolute atomic E-state index is 0.151. The summed E-state index contributed by atoms with van der Waals surface area (Å²) in [5.74, 6) is -0.678. The molecule has 0 bridgehead atoms. The van der Waals surface area contributed by atoms with Crippen molar-refractivity contribution in [3.05, 3.63) is 16.8 Å². The molecule has 9 heteroatoms. The second-order valence-electron chi connectivity index (χ2n) is 6.87. The van der Waals surface area contributed by atoms with Crippen molar-refractivity contribution in [3.63, 3.8) is 0 Å². The number of thiophene rings is 1. The molecule has 3 heterocycles. The Balaban J connectivity index is 1.39. The predicted molar refractivity (Wildman–Crippen MR) is 93.3 cm³/mol. The van der Waals surface area contributed by atoms with Crippen LogP contribution in [0.4, 0.5) is 19.0 Å². The quantitative estimate of drug-likeness (QED) is 0.881. The highest BCUT2D eigenvalue weighted by Crippen LogP contribution is 2.39. The average Bonchev–Trinajstić information content (AvgIpc) is 3.20. The van der Waals surface area contributed by atoms with E-state index in [-0.39, 0.29) is 19.0 Å². The van der Waals surface area contributed by atoms with Crippen LogP contribution >= 0.6 is 11.3 Å². The van der Waals surface area contributed by atoms with Crippen molar-refractivity contribution in [2.24, 2.45) is 5.92 Å². The van der Waals surface area contributed by atoms with E-state index in [9.17, 15) is 18.0 Å². The molecule has 1 aliphatic heterocycles. The number of hydrogen-bond acceptors (Lipinski definition) is 5. The van der Waals surface area contributed by atoms with E-state index in [1.807, 2.05) is 0 Å². The van der Waals surface area contributed by atoms with Crippen LogP contribution in [0.5, 0.6) is 0 Å². The standard InChI is InChI=1S/C17H19F3N4OS/c18-17(19,20)16(25)24-6-4-10(5-7-24)8-21-14-13-11-2-1-3-12(11)26-15(13)23-9-22-14/h9-10H,1-8H2,(H,21,22,23). The molecule has 0 spiro atoms. The summed E-state index contributed by atoms with van der Waals surface area (Å²) in [6.45, 7) is 0.945. The Morgan fingerprint density at radius 3 is 2.77 bits per heavy atom. The van der Waals surface area contributed by atoms with Gasteiger partial charge in [0.15, 0.2) is 0 Å². The van der Waals surface area contributed by atoms with Gasteiger partial charge in [0.1, 0.15) is 17.0 Å². The molecule has 0 unspecified atom stereocenters. The zero-order chi connectivity index (χ0) is 18.3. The lowest BCUT2D eigenvalue weighted by atomic mass is 9.96. The maximum absolute atomic E-state index is 12.5. The third-order valence-corrected chi connectivity index (χ3v) is 6.40. The Labute approximate surface area is 152 Å². The van der Waals surface area contributed by atoms with Crippen LogP contribution in [0.25, 0.3) is 10.2 Å². The molecule has 1 aliphatic carbocycles. The van der Waals surface area contributed by atoms with E-state index in [0.29, 0.717) is 19.4 Å². The average molecular weight is 384 g/mol. The third-order valence-electron chi connectivity index (χ3n) is 5.20. The number of carbonyl (C=O) groups excluding carboxylic acids is 1. The van der Waals surface area contributed by atoms with Crippen molar-refractivity contribution in [3.8, 4) is 0 Å². The van der Waals surface area contributed by atoms with Crippen molar-refractivity contribution in [1.29, 1.82) is 0 Å². The fraction of sp³-hybridized carbons (Fsp3) is 0.588. The van der Waals surface area contributed by atoms with Gasteiger partial charge in [0.05, 0.1) is 5.39 Å². The first-order valence-electron chi connectivity index (χ1n) is 8.78. The van der Waals surface area contributed by atoms with E-state index in [2.05, 4.69) is 15.3 Å². The van der Waals surface area contributed by atoms with Gasteiger partial charge in [-0.15, -0.1) is 11.3 Å². The lowest BCUT2D eigenvalue weighted by Gasteiger charge is -2.32. The molecule has 4 rings (SSSR count). The number of likely N-dealkylation sites (tertiary alicyclic amines) is 1. The molecule has 1 saturated heterocycles. The lowest BCUT2D eigenvalue weighted by Crippen LogP contribution is -2.46. The van der Waals surface area contributed by atoms with Gasteiger partial charge in [-0.2, -0.15) is 13.2 Å². The molecule has 0 aromatic carbocycles. The Morgan fingerprint density at radius 1 is 1.27 bits per heavy atom. The van der Waals surface area contributed by atoms with Gasteiger partial charge >= 0.3 is 12.1 Å². The number of hydrogen-bond donors (Lipinski definition) is 1. The first-order valence-corrected chi connectivity index (χ1v) is 9.60. The van der Waals surface area contributed by atoms with Crippen LogP contribution < -0.4 is 5.32 Å². The predicted octanol–water partition coefficient (Wildman–Crippen LogP) is 3.39. The third kappa shape index (κ3) is 3.24. The SMILES string of the molecule is O=C(N1CCC(CNc2ncnc3sc4c(c23)CCC4)CC1)C(F)(F)F. The number of rotatable bonds is 3. The summed E-state index contributed by atoms with van der Waals surface area (Å²) in [5, 5.41) is 4.48. The number of halogens is 3. The van der Waals surface area contributed by atoms with Gasteiger partial charge in [-0.1, -0.05) is 0 Å². The Bertz CT molecular complexity index is 827. The van der Waals surface area contributed by atoms with E-state index in [1.165, 1.54) is 10.4 Å². The number of aryl methyl sites for hydroxylation is 2. The number of piperidine rings is 1. The molecule has 1 N–H and O–H groups in total. The normalized spacial score (nSPS) is 18.3. The van der Waals surface area contributed by atoms with E-state index in [1.54, 1.807) is 17.7 Å². The summed E-state index contributed by atoms with van der Waals surface area (Å²) >= 11 is 1.73. The molecule has 5 nitrogen and oxygen atoms in total. The van der Waals surface area contributed by atoms with Crippen LogP contribution in [0.2, 0.25) is 0 Å². The molecule has 1 amide bonds. The van der Waals surface area contributed by atoms with Crippen LogP contribution in [0, 0.1) is 5.92 Å². The monoisotopic (exact) mass is 384 g/mol. The van der Waals surface area contributed by atoms with E-state index in [0.717, 1.165) is 40.2 Å². The summed E-state index contributed by atoms with van der Waals surface area (Å²) < 4.78 is 37.5. The van der Waals surface area contributed by atoms with Crippen molar-refractivity contribution in [2.45, 2.75) is 38.3 Å². The van der Waals surface area contributed by atoms with Gasteiger partial charge in [0, 0.05) is 24.5 Å². The summed E-state index contributed by atoms with van der Waals surface area (Å²) in [7, 11) is 0. The van der Waals surface area contributed by atoms with Crippen LogP contribution in [0.1, 0.15) is 29.7 Å². The van der Waals surface area contributed by atoms with Crippen molar-refractivity contribution >= 4 is 33.3 Å². The second kappa shape index (κ2) is 6.68. The molecular weight excluding hydrogens is 365 g/mol. The van der Waals surface area contributed by atoms with Gasteiger partial charge in [-0.3, -0.25) is 4.79 Å². The van der Waals surface area contributed by atoms with Crippen molar-refractivity contribution < 1.29 is 18.0 Å². The Morgan fingerprint density at radius 2 is 2.04 bits per heavy atom. The second-order valence-corrected chi connectivity index (χ2v) is 7.96. The van der Waals surface area contributed by atoms with E-state index < -0.39 is 12.1 Å². The maximum Gasteiger partial charge on any atom is 0.471 e. The van der Waals surface area contributed by atoms with Crippen molar-refractivity contribution in [1.82, 2.24) is 14.9 Å². The maximum atomic E-state index is 12.5. The highest BCUT2D eigenvalue weighted by atomic mass is 32.1. The van der Waals surface area contributed by atoms with Gasteiger partial charge in [0.2, 0.25) is 0 Å². The van der Waals surface area contributed by atoms with E-state index >= 15 is 0 Å². The number of anilines is 1. The molecule has 2 aromatic rings. The van der Waals surface area contributed by atoms with Gasteiger partial charge in [0.25, 0.3) is 0 Å². The van der Waals surface area contributed by atoms with Gasteiger partial charge in [-0.05, 0) is 43.6 Å². The number of alkyl halides is 3. The Hall–Kier alpha value is -1.90. The topological polar surface area (TPSA) is 58.1 Å². The summed E-state index contributed by atoms with van der Waals surface area (Å²) in [4.78, 5) is 23.4. The van der Waals surface area contributed by atoms with Gasteiger partial charge in [-0.25, -0.2) is 9.97 Å². The number of amides is 1. The Kier molecular flexibility index (Phi) is 4.50. The molecule has 0 atom stereocenters. The number of carbonyl (C=O) groups is 1. The minimum Gasteiger partial charge on any atom is -0.369 e. The lowest BCUT2D eigenvalue weighted by molar-refractivity contribution is -0.186. The first-order chi connectivity index (χ1) is 12.4. The molecule has 1 fully saturated rings. The molecular formula is C17H19F3N4OS. The largest absolute Gasteiger partial charge is 0.471 e. The first kappa shape index (κ1) is 17.5. The van der Waals surface area contributed by atoms with Gasteiger partial charge < -0.3 is 10.2 Å². The molecule has 0 saturated carbocycles. The van der Waals surface area contributed by atoms with E-state index in [4.69, 9.17) is 0 Å². The fourth-order valence-corrected chi connectivity index (χ4v) is 5.05. The van der Waals surface area contributed by atoms with Crippen LogP contribution in [-0.4, -0.2) is 46.6 Å². The summed E-state index contributed by atoms with van der Waals surface area (Å²) in [5.41, 5.74) is 1.35. The summed E-state index contributed by atoms with van der Waals surface area (Å²) in [6.07, 6.45) is 1.21. The molecule has 2 aromatic heterocycles. The number of nitrogens with one attached hydrogen (secondary N) is 1. The molecule has 0 radical (unpaired) electrons. The zero-order valence-electron chi connectivity index (χ0n) is 14.1. The van der Waals surface area contributed by atoms with Crippen LogP contribution in [0.3, 0.4) is 0 Å². The number of nitrogens with zero attached hydrogens (tertiary/aromatic N) is 3. The molecule has 26 heavy (non-hydrogen) atoms. The fourth-order valence-electron chi connectivity index (χ4n) is 3.82. The number of fused-ring (bicyclic) bond motifs is 3. The summed E-state index contributed by atoms with van der Waals surface area (Å²) in [6, 6.07) is 0. The zero-order valence-corrected chi connectivity index (χ0v) is 14.9. The minimum atomic E-state index is -4.78. The highest BCUT2D eigenvalue weighted by Gasteiger charge is 2.43. The molecule has 140 valence electrons. The van der Waals surface area contributed by atoms with Crippen LogP contribution in [0.15, 0.2) is 6.33 Å². The molecule has 2 aliphatic rings. The van der Waals surface area contributed by atoms with Crippen LogP contribution in [-0.2, 0) is 17.6 Å². The smallest absolute Gasteiger partial charge is 0.369 e. The number of aromatic nitrogens is 2. The highest BCUT2D eigenvalue weighted by molar-refractivity contribution is 7.19. The van der Waals surface area contributed by atoms with Crippen molar-refractivity contribution in [2.75, 3.05) is 25.0 Å².